The molecule has 1 rings (SSSR count). The van der Waals surface area contributed by atoms with Gasteiger partial charge in [-0.25, -0.2) is 4.58 Å². The average molecular weight is 314 g/mol. The largest absolute Gasteiger partial charge is 0.378 e. The van der Waals surface area contributed by atoms with E-state index in [1.165, 1.54) is 0 Å². The summed E-state index contributed by atoms with van der Waals surface area (Å²) in [6.07, 6.45) is 0. The fourth-order valence-electron chi connectivity index (χ4n) is 3.38. The van der Waals surface area contributed by atoms with Crippen LogP contribution in [0.1, 0.15) is 27.7 Å². The maximum Gasteiger partial charge on any atom is 0.191 e. The monoisotopic (exact) mass is 314 g/mol. The van der Waals surface area contributed by atoms with Crippen LogP contribution in [0.4, 0.5) is 0 Å². The van der Waals surface area contributed by atoms with Crippen LogP contribution < -0.4 is 0 Å². The summed E-state index contributed by atoms with van der Waals surface area (Å²) in [5.41, 5.74) is 1.56. The van der Waals surface area contributed by atoms with Crippen LogP contribution in [0.5, 0.6) is 0 Å². The lowest BCUT2D eigenvalue weighted by Crippen LogP contribution is -2.34. The minimum atomic E-state index is 0.559. The number of nitrogens with zero attached hydrogens (tertiary/aromatic N) is 3. The van der Waals surface area contributed by atoms with Gasteiger partial charge in [0.25, 0.3) is 0 Å². The van der Waals surface area contributed by atoms with Crippen LogP contribution in [0.25, 0.3) is 0 Å². The summed E-state index contributed by atoms with van der Waals surface area (Å²) in [4.78, 5) is 5.15. The first-order chi connectivity index (χ1) is 10.7. The van der Waals surface area contributed by atoms with Crippen molar-refractivity contribution in [3.8, 4) is 0 Å². The molecule has 0 bridgehead atoms. The molecule has 0 heterocycles. The van der Waals surface area contributed by atoms with Gasteiger partial charge in [0.2, 0.25) is 0 Å². The molecule has 2 atom stereocenters. The van der Waals surface area contributed by atoms with Gasteiger partial charge < -0.3 is 9.47 Å². The van der Waals surface area contributed by atoms with Gasteiger partial charge in [-0.15, -0.1) is 0 Å². The van der Waals surface area contributed by atoms with Crippen molar-refractivity contribution in [1.82, 2.24) is 9.80 Å². The molecule has 0 amide bonds. The Hall–Kier alpha value is -0.490. The quantitative estimate of drug-likeness (QED) is 0.506. The van der Waals surface area contributed by atoms with Gasteiger partial charge in [0.1, 0.15) is 25.3 Å². The zero-order valence-corrected chi connectivity index (χ0v) is 15.5. The van der Waals surface area contributed by atoms with E-state index in [4.69, 9.17) is 9.47 Å². The number of likely N-dealkylation sites (N-methyl/N-ethyl adjacent to an activating group) is 2. The van der Waals surface area contributed by atoms with E-state index in [0.29, 0.717) is 12.1 Å². The molecule has 5 nitrogen and oxygen atoms in total. The molecule has 22 heavy (non-hydrogen) atoms. The standard InChI is InChI=1S/C17H36N3O2/c1-7-18(8-2)15-16(19(9-3)10-4)17(15)20(11-13-21-5)12-14-22-6/h15-16H,7-14H2,1-6H3/q+1. The second-order valence-electron chi connectivity index (χ2n) is 5.73. The second kappa shape index (κ2) is 10.3. The van der Waals surface area contributed by atoms with Crippen molar-refractivity contribution in [3.05, 3.63) is 0 Å². The summed E-state index contributed by atoms with van der Waals surface area (Å²) >= 11 is 0. The normalized spacial score (nSPS) is 21.0. The van der Waals surface area contributed by atoms with Crippen molar-refractivity contribution < 1.29 is 14.0 Å². The third kappa shape index (κ3) is 4.75. The predicted octanol–water partition coefficient (Wildman–Crippen LogP) is 1.17. The number of methoxy groups -OCH3 is 2. The van der Waals surface area contributed by atoms with E-state index in [-0.39, 0.29) is 0 Å². The first kappa shape index (κ1) is 19.6. The first-order valence-electron chi connectivity index (χ1n) is 8.77. The zero-order chi connectivity index (χ0) is 16.5. The van der Waals surface area contributed by atoms with Gasteiger partial charge in [-0.2, -0.15) is 0 Å². The molecule has 0 aliphatic heterocycles. The highest BCUT2D eigenvalue weighted by Crippen LogP contribution is 2.30. The maximum atomic E-state index is 5.30. The van der Waals surface area contributed by atoms with Gasteiger partial charge in [-0.05, 0) is 26.2 Å². The fourth-order valence-corrected chi connectivity index (χ4v) is 3.38. The lowest BCUT2D eigenvalue weighted by Gasteiger charge is -2.20. The van der Waals surface area contributed by atoms with Gasteiger partial charge in [-0.1, -0.05) is 27.7 Å². The third-order valence-electron chi connectivity index (χ3n) is 4.70. The van der Waals surface area contributed by atoms with Crippen molar-refractivity contribution >= 4 is 5.71 Å². The molecule has 0 aromatic heterocycles. The molecule has 1 aliphatic carbocycles. The van der Waals surface area contributed by atoms with Crippen molar-refractivity contribution in [2.75, 3.05) is 66.7 Å². The van der Waals surface area contributed by atoms with E-state index in [9.17, 15) is 0 Å². The highest BCUT2D eigenvalue weighted by atomic mass is 16.5. The van der Waals surface area contributed by atoms with Crippen LogP contribution in [0.3, 0.4) is 0 Å². The minimum absolute atomic E-state index is 0.559. The van der Waals surface area contributed by atoms with Crippen molar-refractivity contribution in [3.63, 3.8) is 0 Å². The van der Waals surface area contributed by atoms with Crippen LogP contribution >= 0.6 is 0 Å². The highest BCUT2D eigenvalue weighted by molar-refractivity contribution is 6.08. The molecule has 1 aliphatic rings. The van der Waals surface area contributed by atoms with E-state index >= 15 is 0 Å². The molecule has 130 valence electrons. The molecule has 0 aromatic carbocycles. The van der Waals surface area contributed by atoms with E-state index in [1.807, 2.05) is 0 Å². The van der Waals surface area contributed by atoms with Crippen molar-refractivity contribution in [2.45, 2.75) is 39.8 Å². The average Bonchev–Trinajstić information content (AvgIpc) is 3.25. The summed E-state index contributed by atoms with van der Waals surface area (Å²) in [7, 11) is 3.55. The van der Waals surface area contributed by atoms with Crippen LogP contribution in [0.15, 0.2) is 0 Å². The van der Waals surface area contributed by atoms with Crippen LogP contribution in [0, 0.1) is 0 Å². The van der Waals surface area contributed by atoms with Gasteiger partial charge in [0.05, 0.1) is 0 Å². The Bertz CT molecular complexity index is 309. The molecule has 2 unspecified atom stereocenters. The highest BCUT2D eigenvalue weighted by Gasteiger charge is 2.58. The summed E-state index contributed by atoms with van der Waals surface area (Å²) < 4.78 is 13.1. The number of hydrogen-bond acceptors (Lipinski definition) is 4. The molecule has 1 saturated carbocycles. The fraction of sp³-hybridized carbons (Fsp3) is 0.941. The molecule has 0 spiro atoms. The molecule has 0 saturated heterocycles. The number of rotatable bonds is 12. The van der Waals surface area contributed by atoms with E-state index in [1.54, 1.807) is 19.9 Å². The summed E-state index contributed by atoms with van der Waals surface area (Å²) in [6.45, 7) is 16.9. The summed E-state index contributed by atoms with van der Waals surface area (Å²) in [5, 5.41) is 0. The van der Waals surface area contributed by atoms with Gasteiger partial charge in [0.15, 0.2) is 18.8 Å². The predicted molar refractivity (Wildman–Crippen MR) is 92.2 cm³/mol. The Kier molecular flexibility index (Phi) is 9.17. The van der Waals surface area contributed by atoms with Crippen LogP contribution in [-0.4, -0.2) is 98.9 Å². The SMILES string of the molecule is CCN(CC)C1C(=[N+](CCOC)CCOC)C1N(CC)CC. The summed E-state index contributed by atoms with van der Waals surface area (Å²) in [5.74, 6) is 0. The Morgan fingerprint density at radius 2 is 1.14 bits per heavy atom. The lowest BCUT2D eigenvalue weighted by molar-refractivity contribution is -0.531. The van der Waals surface area contributed by atoms with Gasteiger partial charge >= 0.3 is 0 Å². The van der Waals surface area contributed by atoms with E-state index < -0.39 is 0 Å². The van der Waals surface area contributed by atoms with Gasteiger partial charge in [-0.3, -0.25) is 9.80 Å². The molecular formula is C17H36N3O2+. The molecular weight excluding hydrogens is 278 g/mol. The summed E-state index contributed by atoms with van der Waals surface area (Å²) in [6, 6.07) is 1.12. The van der Waals surface area contributed by atoms with Crippen molar-refractivity contribution in [2.24, 2.45) is 0 Å². The molecule has 0 radical (unpaired) electrons. The topological polar surface area (TPSA) is 28.0 Å². The maximum absolute atomic E-state index is 5.30. The Balaban J connectivity index is 3.01. The Morgan fingerprint density at radius 1 is 0.773 bits per heavy atom. The lowest BCUT2D eigenvalue weighted by atomic mass is 10.4. The number of hydrogen-bond donors (Lipinski definition) is 0. The zero-order valence-electron chi connectivity index (χ0n) is 15.5. The first-order valence-corrected chi connectivity index (χ1v) is 8.77. The van der Waals surface area contributed by atoms with E-state index in [2.05, 4.69) is 42.1 Å². The third-order valence-corrected chi connectivity index (χ3v) is 4.70. The smallest absolute Gasteiger partial charge is 0.191 e. The molecule has 0 N–H and O–H groups in total. The molecule has 5 heteroatoms. The minimum Gasteiger partial charge on any atom is -0.378 e. The molecule has 0 aromatic rings. The van der Waals surface area contributed by atoms with Crippen molar-refractivity contribution in [1.29, 1.82) is 0 Å². The van der Waals surface area contributed by atoms with Gasteiger partial charge in [0, 0.05) is 14.2 Å². The second-order valence-corrected chi connectivity index (χ2v) is 5.73. The van der Waals surface area contributed by atoms with E-state index in [0.717, 1.165) is 52.5 Å². The van der Waals surface area contributed by atoms with Crippen LogP contribution in [-0.2, 0) is 9.47 Å². The Morgan fingerprint density at radius 3 is 1.41 bits per heavy atom. The number of ether oxygens (including phenoxy) is 2. The molecule has 1 fully saturated rings. The van der Waals surface area contributed by atoms with Crippen LogP contribution in [0.2, 0.25) is 0 Å². The Labute approximate surface area is 136 Å².